The molecule has 21 heavy (non-hydrogen) atoms. The summed E-state index contributed by atoms with van der Waals surface area (Å²) in [7, 11) is 1.64. The van der Waals surface area contributed by atoms with Crippen LogP contribution in [-0.4, -0.2) is 26.6 Å². The Hall–Kier alpha value is -2.64. The Morgan fingerprint density at radius 2 is 2.00 bits per heavy atom. The molecule has 0 unspecified atom stereocenters. The summed E-state index contributed by atoms with van der Waals surface area (Å²) in [5.41, 5.74) is 5.37. The molecule has 2 rings (SSSR count). The third kappa shape index (κ3) is 2.78. The maximum absolute atomic E-state index is 12.2. The van der Waals surface area contributed by atoms with Crippen molar-refractivity contribution in [2.75, 3.05) is 0 Å². The van der Waals surface area contributed by atoms with Crippen LogP contribution in [0.3, 0.4) is 0 Å². The van der Waals surface area contributed by atoms with Gasteiger partial charge in [0.25, 0.3) is 11.5 Å². The summed E-state index contributed by atoms with van der Waals surface area (Å²) in [5.74, 6) is -1.13. The van der Waals surface area contributed by atoms with E-state index in [1.807, 2.05) is 0 Å². The molecular weight excluding hydrogens is 274 g/mol. The van der Waals surface area contributed by atoms with Crippen molar-refractivity contribution >= 4 is 22.8 Å². The van der Waals surface area contributed by atoms with E-state index in [4.69, 9.17) is 0 Å². The zero-order valence-corrected chi connectivity index (χ0v) is 12.3. The predicted octanol–water partition coefficient (Wildman–Crippen LogP) is -0.0130. The van der Waals surface area contributed by atoms with Crippen LogP contribution in [0.2, 0.25) is 0 Å². The molecule has 2 aromatic heterocycles. The molecule has 3 N–H and O–H groups in total. The number of hydrazine groups is 1. The maximum Gasteiger partial charge on any atom is 0.274 e. The van der Waals surface area contributed by atoms with Crippen LogP contribution < -0.4 is 16.4 Å². The second kappa shape index (κ2) is 5.39. The zero-order valence-electron chi connectivity index (χ0n) is 12.3. The number of aromatic amines is 1. The average molecular weight is 291 g/mol. The Kier molecular flexibility index (Phi) is 3.79. The van der Waals surface area contributed by atoms with Gasteiger partial charge in [0.05, 0.1) is 10.9 Å². The molecule has 0 aliphatic heterocycles. The summed E-state index contributed by atoms with van der Waals surface area (Å²) in [4.78, 5) is 39.8. The smallest absolute Gasteiger partial charge is 0.273 e. The van der Waals surface area contributed by atoms with Crippen LogP contribution in [0.4, 0.5) is 0 Å². The monoisotopic (exact) mass is 291 g/mol. The summed E-state index contributed by atoms with van der Waals surface area (Å²) in [5, 5.41) is 2.75. The molecule has 2 heterocycles. The Labute approximate surface area is 120 Å². The van der Waals surface area contributed by atoms with Gasteiger partial charge in [0, 0.05) is 18.7 Å². The van der Waals surface area contributed by atoms with E-state index in [9.17, 15) is 14.4 Å². The molecule has 112 valence electrons. The summed E-state index contributed by atoms with van der Waals surface area (Å²) >= 11 is 0. The van der Waals surface area contributed by atoms with Gasteiger partial charge in [-0.1, -0.05) is 13.8 Å². The number of aromatic nitrogens is 3. The van der Waals surface area contributed by atoms with Crippen molar-refractivity contribution in [3.8, 4) is 0 Å². The number of carbonyl (C=O) groups excluding carboxylic acids is 2. The quantitative estimate of drug-likeness (QED) is 0.676. The maximum atomic E-state index is 12.2. The highest BCUT2D eigenvalue weighted by Crippen LogP contribution is 2.14. The minimum atomic E-state index is -0.559. The van der Waals surface area contributed by atoms with E-state index in [1.54, 1.807) is 27.8 Å². The molecule has 2 amide bonds. The molecule has 0 aromatic carbocycles. The van der Waals surface area contributed by atoms with Crippen molar-refractivity contribution in [2.24, 2.45) is 13.0 Å². The topological polar surface area (TPSA) is 109 Å². The largest absolute Gasteiger partial charge is 0.274 e. The number of carbonyl (C=O) groups is 2. The van der Waals surface area contributed by atoms with Crippen molar-refractivity contribution in [3.63, 3.8) is 0 Å². The molecule has 0 saturated carbocycles. The van der Waals surface area contributed by atoms with Gasteiger partial charge < -0.3 is 0 Å². The molecule has 0 radical (unpaired) electrons. The molecule has 2 aromatic rings. The number of amides is 2. The van der Waals surface area contributed by atoms with Crippen LogP contribution in [0.5, 0.6) is 0 Å². The molecule has 0 bridgehead atoms. The van der Waals surface area contributed by atoms with E-state index in [-0.39, 0.29) is 22.8 Å². The van der Waals surface area contributed by atoms with Gasteiger partial charge in [-0.05, 0) is 13.0 Å². The van der Waals surface area contributed by atoms with Gasteiger partial charge in [-0.25, -0.2) is 4.98 Å². The molecule has 0 aliphatic rings. The lowest BCUT2D eigenvalue weighted by atomic mass is 10.1. The molecule has 0 spiro atoms. The highest BCUT2D eigenvalue weighted by molar-refractivity contribution is 6.05. The summed E-state index contributed by atoms with van der Waals surface area (Å²) < 4.78 is 1.45. The van der Waals surface area contributed by atoms with Crippen LogP contribution in [0.1, 0.15) is 29.9 Å². The molecule has 8 nitrogen and oxygen atoms in total. The van der Waals surface area contributed by atoms with Crippen LogP contribution in [0, 0.1) is 12.8 Å². The highest BCUT2D eigenvalue weighted by Gasteiger charge is 2.18. The number of hydrogen-bond donors (Lipinski definition) is 3. The Morgan fingerprint density at radius 3 is 2.62 bits per heavy atom. The van der Waals surface area contributed by atoms with Crippen molar-refractivity contribution in [1.29, 1.82) is 0 Å². The molecule has 0 aliphatic carbocycles. The van der Waals surface area contributed by atoms with Gasteiger partial charge in [0.15, 0.2) is 5.65 Å². The number of H-pyrrole nitrogens is 1. The summed E-state index contributed by atoms with van der Waals surface area (Å²) in [6.45, 7) is 5.14. The number of fused-ring (bicyclic) bond motifs is 1. The van der Waals surface area contributed by atoms with Crippen molar-refractivity contribution in [3.05, 3.63) is 27.7 Å². The van der Waals surface area contributed by atoms with Gasteiger partial charge in [0.1, 0.15) is 0 Å². The first-order valence-electron chi connectivity index (χ1n) is 6.47. The van der Waals surface area contributed by atoms with Gasteiger partial charge in [-0.15, -0.1) is 0 Å². The van der Waals surface area contributed by atoms with E-state index in [0.717, 1.165) is 0 Å². The fourth-order valence-corrected chi connectivity index (χ4v) is 1.89. The van der Waals surface area contributed by atoms with E-state index in [2.05, 4.69) is 20.9 Å². The fraction of sp³-hybridized carbons (Fsp3) is 0.385. The second-order valence-electron chi connectivity index (χ2n) is 5.11. The summed E-state index contributed by atoms with van der Waals surface area (Å²) in [6, 6.07) is 1.51. The Bertz CT molecular complexity index is 772. The predicted molar refractivity (Wildman–Crippen MR) is 76.5 cm³/mol. The number of aryl methyl sites for hydroxylation is 2. The Balaban J connectivity index is 2.39. The van der Waals surface area contributed by atoms with Crippen LogP contribution >= 0.6 is 0 Å². The molecule has 0 saturated heterocycles. The van der Waals surface area contributed by atoms with Crippen LogP contribution in [-0.2, 0) is 11.8 Å². The third-order valence-corrected chi connectivity index (χ3v) is 3.01. The first kappa shape index (κ1) is 14.8. The molecule has 0 fully saturated rings. The normalized spacial score (nSPS) is 10.9. The fourth-order valence-electron chi connectivity index (χ4n) is 1.89. The molecular formula is C13H17N5O3. The van der Waals surface area contributed by atoms with Gasteiger partial charge in [0.2, 0.25) is 5.91 Å². The first-order chi connectivity index (χ1) is 9.81. The van der Waals surface area contributed by atoms with E-state index in [1.165, 1.54) is 10.7 Å². The summed E-state index contributed by atoms with van der Waals surface area (Å²) in [6.07, 6.45) is 0. The number of nitrogens with one attached hydrogen (secondary N) is 3. The van der Waals surface area contributed by atoms with Crippen molar-refractivity contribution < 1.29 is 9.59 Å². The number of rotatable bonds is 2. The van der Waals surface area contributed by atoms with Crippen LogP contribution in [0.15, 0.2) is 10.9 Å². The SMILES string of the molecule is Cc1cc(C(=O)NNC(=O)C(C)C)c2c(=O)[nH]n(C)c2n1. The standard InChI is InChI=1S/C13H17N5O3/c1-6(2)11(19)15-16-12(20)8-5-7(3)14-10-9(8)13(21)17-18(10)4/h5-6H,1-4H3,(H,15,19)(H,16,20)(H,17,21). The van der Waals surface area contributed by atoms with Gasteiger partial charge >= 0.3 is 0 Å². The second-order valence-corrected chi connectivity index (χ2v) is 5.11. The lowest BCUT2D eigenvalue weighted by Gasteiger charge is -2.10. The molecule has 0 atom stereocenters. The van der Waals surface area contributed by atoms with E-state index >= 15 is 0 Å². The minimum absolute atomic E-state index is 0.170. The van der Waals surface area contributed by atoms with Gasteiger partial charge in [-0.3, -0.25) is 35.0 Å². The first-order valence-corrected chi connectivity index (χ1v) is 6.47. The van der Waals surface area contributed by atoms with Gasteiger partial charge in [-0.2, -0.15) is 0 Å². The lowest BCUT2D eigenvalue weighted by molar-refractivity contribution is -0.124. The van der Waals surface area contributed by atoms with Crippen molar-refractivity contribution in [1.82, 2.24) is 25.6 Å². The number of hydrogen-bond acceptors (Lipinski definition) is 4. The third-order valence-electron chi connectivity index (χ3n) is 3.01. The average Bonchev–Trinajstić information content (AvgIpc) is 2.69. The number of pyridine rings is 1. The van der Waals surface area contributed by atoms with Crippen molar-refractivity contribution in [2.45, 2.75) is 20.8 Å². The van der Waals surface area contributed by atoms with Crippen LogP contribution in [0.25, 0.3) is 11.0 Å². The van der Waals surface area contributed by atoms with E-state index in [0.29, 0.717) is 11.3 Å². The highest BCUT2D eigenvalue weighted by atomic mass is 16.2. The number of nitrogens with zero attached hydrogens (tertiary/aromatic N) is 2. The Morgan fingerprint density at radius 1 is 1.33 bits per heavy atom. The molecule has 8 heteroatoms. The van der Waals surface area contributed by atoms with E-state index < -0.39 is 11.5 Å². The zero-order chi connectivity index (χ0) is 15.7. The minimum Gasteiger partial charge on any atom is -0.273 e. The lowest BCUT2D eigenvalue weighted by Crippen LogP contribution is -2.43.